The SMILES string of the molecule is CC(C)(C)c1cc(-c2ccccc2)c(N2c3cc(-n4c(-c5ccccc5)c(-c5ccccc5)c(-c5ccccc5)c4-c4ccccc4)ccc3B3c4ccc(-n5c(-c6ccccc6)c(-c6ccccc6)c(-c6ccccc6)c5-c5ccccc5)cc4N(c4c(-c5ccccc5)cc(C(C)(C)C)cc4-c4ccccc4)c4cc(-c5ccc6oc7ccccc7c6c5)cc2c43)c(-c2ccccc2)c1. The van der Waals surface area contributed by atoms with E-state index >= 15 is 0 Å². The van der Waals surface area contributed by atoms with Crippen molar-refractivity contribution in [3.63, 3.8) is 0 Å². The summed E-state index contributed by atoms with van der Waals surface area (Å²) in [6, 6.07) is 180. The van der Waals surface area contributed by atoms with Crippen LogP contribution < -0.4 is 26.2 Å². The molecule has 0 atom stereocenters. The zero-order chi connectivity index (χ0) is 91.3. The monoisotopic (exact) mass is 1740 g/mol. The Morgan fingerprint density at radius 3 is 0.765 bits per heavy atom. The summed E-state index contributed by atoms with van der Waals surface area (Å²) in [5.41, 5.74) is 43.9. The van der Waals surface area contributed by atoms with Gasteiger partial charge in [-0.15, -0.1) is 0 Å². The van der Waals surface area contributed by atoms with Crippen LogP contribution in [0.3, 0.4) is 0 Å². The molecule has 0 spiro atoms. The van der Waals surface area contributed by atoms with E-state index in [0.29, 0.717) is 0 Å². The molecule has 0 unspecified atom stereocenters. The first kappa shape index (κ1) is 82.4. The molecule has 0 radical (unpaired) electrons. The minimum Gasteiger partial charge on any atom is -0.456 e. The molecule has 3 aromatic heterocycles. The number of para-hydroxylation sites is 1. The summed E-state index contributed by atoms with van der Waals surface area (Å²) >= 11 is 0. The molecule has 2 aliphatic heterocycles. The van der Waals surface area contributed by atoms with Crippen molar-refractivity contribution < 1.29 is 4.42 Å². The Hall–Kier alpha value is -16.8. The minimum atomic E-state index is -0.443. The van der Waals surface area contributed by atoms with Gasteiger partial charge in [-0.25, -0.2) is 0 Å². The fourth-order valence-corrected chi connectivity index (χ4v) is 21.4. The van der Waals surface area contributed by atoms with Crippen LogP contribution in [0.5, 0.6) is 0 Å². The van der Waals surface area contributed by atoms with E-state index < -0.39 is 6.71 Å². The number of furan rings is 1. The average Bonchev–Trinajstić information content (AvgIpc) is 0.739. The fourth-order valence-electron chi connectivity index (χ4n) is 21.4. The Labute approximate surface area is 796 Å². The quantitative estimate of drug-likeness (QED) is 0.0851. The van der Waals surface area contributed by atoms with Crippen LogP contribution in [-0.2, 0) is 10.8 Å². The molecule has 0 bridgehead atoms. The van der Waals surface area contributed by atoms with Crippen LogP contribution in [0.4, 0.5) is 34.1 Å². The van der Waals surface area contributed by atoms with Crippen molar-refractivity contribution in [2.24, 2.45) is 0 Å². The first-order valence-electron chi connectivity index (χ1n) is 47.4. The molecule has 19 aromatic carbocycles. The highest BCUT2D eigenvalue weighted by Crippen LogP contribution is 2.59. The lowest BCUT2D eigenvalue weighted by Crippen LogP contribution is -2.61. The van der Waals surface area contributed by atoms with Gasteiger partial charge >= 0.3 is 0 Å². The molecule has 0 aliphatic carbocycles. The van der Waals surface area contributed by atoms with Gasteiger partial charge in [-0.1, -0.05) is 442 Å². The lowest BCUT2D eigenvalue weighted by molar-refractivity contribution is 0.590. The van der Waals surface area contributed by atoms with Crippen LogP contribution in [-0.4, -0.2) is 15.8 Å². The van der Waals surface area contributed by atoms with Crippen molar-refractivity contribution >= 4 is 79.2 Å². The van der Waals surface area contributed by atoms with Crippen molar-refractivity contribution in [1.29, 1.82) is 0 Å². The summed E-state index contributed by atoms with van der Waals surface area (Å²) in [5, 5.41) is 2.10. The normalized spacial score (nSPS) is 12.3. The van der Waals surface area contributed by atoms with Gasteiger partial charge in [0, 0.05) is 89.4 Å². The minimum absolute atomic E-state index is 0.295. The number of nitrogens with zero attached hydrogens (tertiary/aromatic N) is 4. The predicted molar refractivity (Wildman–Crippen MR) is 574 cm³/mol. The van der Waals surface area contributed by atoms with Crippen LogP contribution in [0.2, 0.25) is 0 Å². The van der Waals surface area contributed by atoms with Crippen LogP contribution in [0.25, 0.3) is 178 Å². The maximum Gasteiger partial charge on any atom is 0.252 e. The summed E-state index contributed by atoms with van der Waals surface area (Å²) in [6.45, 7) is 13.7. The third-order valence-corrected chi connectivity index (χ3v) is 27.8. The first-order valence-corrected chi connectivity index (χ1v) is 47.4. The molecule has 2 aliphatic rings. The Balaban J connectivity index is 0.920. The van der Waals surface area contributed by atoms with Crippen molar-refractivity contribution in [2.45, 2.75) is 52.4 Å². The highest BCUT2D eigenvalue weighted by atomic mass is 16.3. The van der Waals surface area contributed by atoms with E-state index in [9.17, 15) is 0 Å². The lowest BCUT2D eigenvalue weighted by Gasteiger charge is -2.46. The zero-order valence-electron chi connectivity index (χ0n) is 76.9. The highest BCUT2D eigenvalue weighted by molar-refractivity contribution is 7.00. The van der Waals surface area contributed by atoms with E-state index in [1.807, 2.05) is 0 Å². The summed E-state index contributed by atoms with van der Waals surface area (Å²) in [4.78, 5) is 5.49. The smallest absolute Gasteiger partial charge is 0.252 e. The van der Waals surface area contributed by atoms with Gasteiger partial charge in [0.2, 0.25) is 0 Å². The summed E-state index contributed by atoms with van der Waals surface area (Å²) in [5.74, 6) is 0. The van der Waals surface area contributed by atoms with E-state index in [-0.39, 0.29) is 10.8 Å². The molecule has 5 heterocycles. The summed E-state index contributed by atoms with van der Waals surface area (Å²) in [6.07, 6.45) is 0. The number of anilines is 6. The Morgan fingerprint density at radius 1 is 0.206 bits per heavy atom. The molecule has 646 valence electrons. The van der Waals surface area contributed by atoms with E-state index in [1.165, 1.54) is 11.1 Å². The van der Waals surface area contributed by atoms with Crippen LogP contribution in [0.1, 0.15) is 52.7 Å². The Morgan fingerprint density at radius 2 is 0.471 bits per heavy atom. The highest BCUT2D eigenvalue weighted by Gasteiger charge is 2.47. The molecule has 0 amide bonds. The molecule has 0 saturated carbocycles. The number of rotatable bonds is 17. The molecular formula is C130H97BN4O. The third kappa shape index (κ3) is 14.3. The summed E-state index contributed by atoms with van der Waals surface area (Å²) < 4.78 is 12.1. The van der Waals surface area contributed by atoms with Crippen LogP contribution in [0, 0.1) is 0 Å². The number of fused-ring (bicyclic) bond motifs is 7. The van der Waals surface area contributed by atoms with Crippen molar-refractivity contribution in [1.82, 2.24) is 9.13 Å². The predicted octanol–water partition coefficient (Wildman–Crippen LogP) is 33.5. The van der Waals surface area contributed by atoms with Gasteiger partial charge in [-0.05, 0) is 195 Å². The molecule has 0 N–H and O–H groups in total. The van der Waals surface area contributed by atoms with Gasteiger partial charge in [0.15, 0.2) is 0 Å². The lowest BCUT2D eigenvalue weighted by atomic mass is 9.33. The first-order chi connectivity index (χ1) is 66.8. The number of hydrogen-bond donors (Lipinski definition) is 0. The largest absolute Gasteiger partial charge is 0.456 e. The Kier molecular flexibility index (Phi) is 20.5. The van der Waals surface area contributed by atoms with Crippen LogP contribution in [0.15, 0.2) is 484 Å². The van der Waals surface area contributed by atoms with Crippen LogP contribution >= 0.6 is 0 Å². The maximum absolute atomic E-state index is 6.86. The van der Waals surface area contributed by atoms with Gasteiger partial charge in [0.25, 0.3) is 6.71 Å². The molecule has 0 saturated heterocycles. The number of aromatic nitrogens is 2. The molecule has 136 heavy (non-hydrogen) atoms. The molecule has 0 fully saturated rings. The van der Waals surface area contributed by atoms with E-state index in [2.05, 4.69) is 540 Å². The zero-order valence-corrected chi connectivity index (χ0v) is 76.9. The molecule has 6 heteroatoms. The molecule has 24 rings (SSSR count). The standard InChI is InChI=1S/C130H97BN4O/c1-129(2,3)100-80-105(86-45-19-7-20-46-86)127(106(81-100)87-47-21-8-22-48-87)134-112-84-102(132-123(94-61-35-15-36-62-94)118(90-53-27-11-28-54-90)119(91-55-29-12-30-56-91)124(132)95-63-37-16-38-64-95)72-74-110(112)131-111-75-73-103(133-125(96-65-39-17-40-66-96)120(92-57-31-13-32-58-92)121(93-59-33-14-34-60-93)126(133)97-67-41-18-42-68-97)85-113(111)135(115-79-99(78-114(134)122(115)131)98-71-76-117-109(77-98)104-69-43-44-70-116(104)136-117)128-107(88-49-23-9-24-50-88)82-101(130(4,5)6)83-108(128)89-51-25-10-26-52-89/h7-85H,1-6H3. The maximum atomic E-state index is 6.86. The van der Waals surface area contributed by atoms with Gasteiger partial charge in [0.05, 0.1) is 34.2 Å². The topological polar surface area (TPSA) is 29.5 Å². The van der Waals surface area contributed by atoms with Crippen molar-refractivity contribution in [3.8, 4) is 157 Å². The number of hydrogen-bond acceptors (Lipinski definition) is 3. The second kappa shape index (κ2) is 33.8. The Bertz CT molecular complexity index is 7520. The molecule has 22 aromatic rings. The number of benzene rings is 19. The third-order valence-electron chi connectivity index (χ3n) is 27.8. The van der Waals surface area contributed by atoms with Crippen molar-refractivity contribution in [3.05, 3.63) is 490 Å². The van der Waals surface area contributed by atoms with Gasteiger partial charge in [0.1, 0.15) is 11.2 Å². The molecule has 5 nitrogen and oxygen atoms in total. The van der Waals surface area contributed by atoms with Gasteiger partial charge in [-0.2, -0.15) is 0 Å². The molecular weight excluding hydrogens is 1640 g/mol. The average molecular weight is 1740 g/mol. The summed E-state index contributed by atoms with van der Waals surface area (Å²) in [7, 11) is 0. The van der Waals surface area contributed by atoms with Crippen molar-refractivity contribution in [2.75, 3.05) is 9.80 Å². The van der Waals surface area contributed by atoms with E-state index in [4.69, 9.17) is 4.42 Å². The van der Waals surface area contributed by atoms with Gasteiger partial charge in [-0.3, -0.25) is 0 Å². The van der Waals surface area contributed by atoms with E-state index in [0.717, 1.165) is 229 Å². The fraction of sp³-hybridized carbons (Fsp3) is 0.0615. The van der Waals surface area contributed by atoms with E-state index in [1.54, 1.807) is 0 Å². The second-order valence-corrected chi connectivity index (χ2v) is 38.1. The van der Waals surface area contributed by atoms with Gasteiger partial charge < -0.3 is 23.4 Å². The second-order valence-electron chi connectivity index (χ2n) is 38.1.